The molecule has 1 aromatic rings. The van der Waals surface area contributed by atoms with Crippen LogP contribution in [0.5, 0.6) is 0 Å². The van der Waals surface area contributed by atoms with Crippen molar-refractivity contribution in [2.45, 2.75) is 5.03 Å². The quantitative estimate of drug-likeness (QED) is 0.480. The lowest BCUT2D eigenvalue weighted by molar-refractivity contribution is 0.503. The van der Waals surface area contributed by atoms with Crippen LogP contribution in [0.2, 0.25) is 0 Å². The van der Waals surface area contributed by atoms with Crippen molar-refractivity contribution < 1.29 is 13.0 Å². The molecule has 8 heteroatoms. The Hall–Kier alpha value is -0.600. The van der Waals surface area contributed by atoms with E-state index < -0.39 is 9.15 Å². The summed E-state index contributed by atoms with van der Waals surface area (Å²) in [5.41, 5.74) is 0. The molecule has 0 amide bonds. The summed E-state index contributed by atoms with van der Waals surface area (Å²) >= 11 is 0. The Morgan fingerprint density at radius 3 is 2.80 bits per heavy atom. The molecule has 6 nitrogen and oxygen atoms in total. The molecule has 0 radical (unpaired) electrons. The molecule has 0 unspecified atom stereocenters. The number of hydrogen-bond donors (Lipinski definition) is 2. The van der Waals surface area contributed by atoms with Gasteiger partial charge in [0.25, 0.3) is 0 Å². The van der Waals surface area contributed by atoms with E-state index in [1.807, 2.05) is 0 Å². The number of nitrogens with one attached hydrogen (secondary N) is 1. The number of rotatable bonds is 2. The first-order valence-corrected chi connectivity index (χ1v) is 4.88. The Labute approximate surface area is 60.2 Å². The average Bonchev–Trinajstić information content (AvgIpc) is 2.12. The minimum atomic E-state index is -4.05. The van der Waals surface area contributed by atoms with Crippen molar-refractivity contribution >= 4 is 19.9 Å². The third-order valence-electron chi connectivity index (χ3n) is 0.584. The molecule has 56 valence electrons. The van der Waals surface area contributed by atoms with E-state index in [4.69, 9.17) is 4.55 Å². The van der Waals surface area contributed by atoms with E-state index in [1.54, 1.807) is 0 Å². The summed E-state index contributed by atoms with van der Waals surface area (Å²) in [5, 5.41) is 9.03. The molecule has 2 N–H and O–H groups in total. The Morgan fingerprint density at radius 1 is 1.70 bits per heavy atom. The van der Waals surface area contributed by atoms with Gasteiger partial charge in [0, 0.05) is 0 Å². The van der Waals surface area contributed by atoms with Gasteiger partial charge >= 0.3 is 9.15 Å². The predicted molar refractivity (Wildman–Crippen MR) is 33.8 cm³/mol. The molecule has 0 saturated heterocycles. The normalized spacial score (nSPS) is 11.7. The average molecular weight is 181 g/mol. The third kappa shape index (κ3) is 2.33. The van der Waals surface area contributed by atoms with Gasteiger partial charge in [0.1, 0.15) is 0 Å². The largest absolute Gasteiger partial charge is 0.325 e. The van der Waals surface area contributed by atoms with Crippen LogP contribution in [-0.2, 0) is 9.15 Å². The highest BCUT2D eigenvalue weighted by Gasteiger charge is 2.08. The van der Waals surface area contributed by atoms with E-state index in [-0.39, 0.29) is 15.8 Å². The van der Waals surface area contributed by atoms with Crippen LogP contribution in [0.25, 0.3) is 0 Å². The highest BCUT2D eigenvalue weighted by Crippen LogP contribution is 2.18. The molecule has 1 heterocycles. The summed E-state index contributed by atoms with van der Waals surface area (Å²) in [7, 11) is -3.82. The highest BCUT2D eigenvalue weighted by molar-refractivity contribution is 8.69. The number of H-pyrrole nitrogens is 1. The SMILES string of the molecule is O=S(=O)(O)Sc1cn[nH]n1. The van der Waals surface area contributed by atoms with Crippen molar-refractivity contribution in [3.8, 4) is 0 Å². The zero-order valence-electron chi connectivity index (χ0n) is 4.55. The van der Waals surface area contributed by atoms with Gasteiger partial charge < -0.3 is 0 Å². The summed E-state index contributed by atoms with van der Waals surface area (Å²) in [6.45, 7) is 0. The molecule has 0 bridgehead atoms. The summed E-state index contributed by atoms with van der Waals surface area (Å²) in [4.78, 5) is 0. The second-order valence-electron chi connectivity index (χ2n) is 1.32. The standard InChI is InChI=1S/C2H3N3O3S2/c6-10(7,8)9-2-1-3-5-4-2/h1H,(H,3,4,5)(H,6,7,8). The maximum atomic E-state index is 10.1. The Kier molecular flexibility index (Phi) is 1.92. The second kappa shape index (κ2) is 2.56. The van der Waals surface area contributed by atoms with E-state index in [9.17, 15) is 8.42 Å². The monoisotopic (exact) mass is 181 g/mol. The van der Waals surface area contributed by atoms with Crippen molar-refractivity contribution in [1.29, 1.82) is 0 Å². The molecule has 0 saturated carbocycles. The van der Waals surface area contributed by atoms with E-state index in [2.05, 4.69) is 15.4 Å². The van der Waals surface area contributed by atoms with Gasteiger partial charge in [-0.3, -0.25) is 4.55 Å². The molecule has 1 aromatic heterocycles. The summed E-state index contributed by atoms with van der Waals surface area (Å²) < 4.78 is 28.5. The molecule has 0 aliphatic rings. The maximum absolute atomic E-state index is 10.1. The van der Waals surface area contributed by atoms with Gasteiger partial charge in [-0.1, -0.05) is 0 Å². The Balaban J connectivity index is 2.75. The predicted octanol–water partition coefficient (Wildman–Crippen LogP) is -0.300. The van der Waals surface area contributed by atoms with Crippen LogP contribution in [0.4, 0.5) is 0 Å². The molecule has 0 fully saturated rings. The summed E-state index contributed by atoms with van der Waals surface area (Å²) in [5.74, 6) is 0. The van der Waals surface area contributed by atoms with E-state index in [0.29, 0.717) is 0 Å². The molecule has 0 spiro atoms. The van der Waals surface area contributed by atoms with Crippen molar-refractivity contribution in [1.82, 2.24) is 15.4 Å². The second-order valence-corrected chi connectivity index (χ2v) is 4.52. The lowest BCUT2D eigenvalue weighted by Gasteiger charge is -1.86. The van der Waals surface area contributed by atoms with Crippen molar-refractivity contribution in [3.05, 3.63) is 6.20 Å². The fraction of sp³-hybridized carbons (Fsp3) is 0. The fourth-order valence-electron chi connectivity index (χ4n) is 0.339. The van der Waals surface area contributed by atoms with Gasteiger partial charge in [-0.15, -0.1) is 5.10 Å². The van der Waals surface area contributed by atoms with Gasteiger partial charge in [0.05, 0.1) is 17.0 Å². The van der Waals surface area contributed by atoms with Gasteiger partial charge in [-0.2, -0.15) is 18.7 Å². The topological polar surface area (TPSA) is 95.9 Å². The van der Waals surface area contributed by atoms with Crippen LogP contribution < -0.4 is 0 Å². The summed E-state index contributed by atoms with van der Waals surface area (Å²) in [6, 6.07) is 0. The zero-order chi connectivity index (χ0) is 7.61. The minimum absolute atomic E-state index is 0.113. The molecule has 0 aromatic carbocycles. The van der Waals surface area contributed by atoms with Crippen LogP contribution in [-0.4, -0.2) is 28.4 Å². The highest BCUT2D eigenvalue weighted by atomic mass is 33.1. The molecule has 1 rings (SSSR count). The molecule has 10 heavy (non-hydrogen) atoms. The smallest absolute Gasteiger partial charge is 0.277 e. The van der Waals surface area contributed by atoms with E-state index in [0.717, 1.165) is 0 Å². The Bertz CT molecular complexity index is 290. The first kappa shape index (κ1) is 7.51. The maximum Gasteiger partial charge on any atom is 0.325 e. The van der Waals surface area contributed by atoms with Crippen molar-refractivity contribution in [2.24, 2.45) is 0 Å². The first-order chi connectivity index (χ1) is 4.58. The molecule has 0 aliphatic carbocycles. The lowest BCUT2D eigenvalue weighted by Crippen LogP contribution is -1.88. The van der Waals surface area contributed by atoms with Gasteiger partial charge in [-0.05, 0) is 0 Å². The molecule has 0 aliphatic heterocycles. The molecule has 0 atom stereocenters. The number of nitrogens with zero attached hydrogens (tertiary/aromatic N) is 2. The number of aromatic amines is 1. The zero-order valence-corrected chi connectivity index (χ0v) is 6.18. The van der Waals surface area contributed by atoms with Crippen LogP contribution >= 0.6 is 10.8 Å². The van der Waals surface area contributed by atoms with Crippen molar-refractivity contribution in [2.75, 3.05) is 0 Å². The minimum Gasteiger partial charge on any atom is -0.277 e. The lowest BCUT2D eigenvalue weighted by atomic mass is 11.0. The van der Waals surface area contributed by atoms with Gasteiger partial charge in [0.15, 0.2) is 5.03 Å². The number of aromatic nitrogens is 3. The van der Waals surface area contributed by atoms with E-state index in [1.165, 1.54) is 6.20 Å². The van der Waals surface area contributed by atoms with Crippen LogP contribution in [0.1, 0.15) is 0 Å². The van der Waals surface area contributed by atoms with Crippen LogP contribution in [0.3, 0.4) is 0 Å². The van der Waals surface area contributed by atoms with Crippen molar-refractivity contribution in [3.63, 3.8) is 0 Å². The fourth-order valence-corrected chi connectivity index (χ4v) is 1.62. The molecular formula is C2H3N3O3S2. The first-order valence-electron chi connectivity index (χ1n) is 2.10. The van der Waals surface area contributed by atoms with Gasteiger partial charge in [0.2, 0.25) is 0 Å². The Morgan fingerprint density at radius 2 is 2.40 bits per heavy atom. The van der Waals surface area contributed by atoms with Gasteiger partial charge in [-0.25, -0.2) is 0 Å². The van der Waals surface area contributed by atoms with Crippen LogP contribution in [0, 0.1) is 0 Å². The third-order valence-corrected chi connectivity index (χ3v) is 2.31. The summed E-state index contributed by atoms with van der Waals surface area (Å²) in [6.07, 6.45) is 1.19. The number of hydrogen-bond acceptors (Lipinski definition) is 5. The van der Waals surface area contributed by atoms with E-state index >= 15 is 0 Å². The van der Waals surface area contributed by atoms with Crippen LogP contribution in [0.15, 0.2) is 11.2 Å². The molecular weight excluding hydrogens is 178 g/mol.